The Hall–Kier alpha value is 0.130. The standard InChI is InChI=1S/C14H32B2/c1-7-8-9-10-11-13(5,6)14(15,16)12(2,3)4/h7-11,15-16H2,1-6H3. The fourth-order valence-electron chi connectivity index (χ4n) is 2.32. The second kappa shape index (κ2) is 5.65. The van der Waals surface area contributed by atoms with Crippen LogP contribution in [0.4, 0.5) is 0 Å². The van der Waals surface area contributed by atoms with Gasteiger partial charge in [0.15, 0.2) is 0 Å². The molecule has 0 atom stereocenters. The van der Waals surface area contributed by atoms with Gasteiger partial charge in [-0.05, 0) is 17.3 Å². The third-order valence-corrected chi connectivity index (χ3v) is 5.22. The fraction of sp³-hybridized carbons (Fsp3) is 1.00. The molecule has 0 N–H and O–H groups in total. The summed E-state index contributed by atoms with van der Waals surface area (Å²) in [5.41, 5.74) is 0.806. The molecule has 0 heterocycles. The lowest BCUT2D eigenvalue weighted by molar-refractivity contribution is 0.162. The van der Waals surface area contributed by atoms with Crippen molar-refractivity contribution in [1.82, 2.24) is 0 Å². The summed E-state index contributed by atoms with van der Waals surface area (Å²) in [4.78, 5) is 0. The first kappa shape index (κ1) is 16.1. The van der Waals surface area contributed by atoms with Crippen molar-refractivity contribution >= 4 is 15.7 Å². The van der Waals surface area contributed by atoms with Gasteiger partial charge < -0.3 is 0 Å². The largest absolute Gasteiger partial charge is 0.101 e. The SMILES string of the molecule is BC(B)(C(C)(C)C)C(C)(C)CCCCCC. The Morgan fingerprint density at radius 1 is 0.812 bits per heavy atom. The first-order chi connectivity index (χ1) is 7.06. The van der Waals surface area contributed by atoms with E-state index in [4.69, 9.17) is 0 Å². The van der Waals surface area contributed by atoms with E-state index in [9.17, 15) is 0 Å². The van der Waals surface area contributed by atoms with Crippen LogP contribution in [0.5, 0.6) is 0 Å². The van der Waals surface area contributed by atoms with Crippen LogP contribution in [-0.4, -0.2) is 15.7 Å². The zero-order valence-corrected chi connectivity index (χ0v) is 13.0. The highest BCUT2D eigenvalue weighted by atomic mass is 14.4. The van der Waals surface area contributed by atoms with E-state index in [0.717, 1.165) is 0 Å². The van der Waals surface area contributed by atoms with E-state index in [1.54, 1.807) is 0 Å². The number of unbranched alkanes of at least 4 members (excludes halogenated alkanes) is 3. The molecule has 0 saturated heterocycles. The van der Waals surface area contributed by atoms with Gasteiger partial charge in [-0.25, -0.2) is 0 Å². The second-order valence-corrected chi connectivity index (χ2v) is 7.57. The molecule has 0 rings (SSSR count). The van der Waals surface area contributed by atoms with E-state index in [2.05, 4.69) is 57.2 Å². The topological polar surface area (TPSA) is 0 Å². The normalized spacial score (nSPS) is 14.1. The van der Waals surface area contributed by atoms with Crippen LogP contribution >= 0.6 is 0 Å². The Bertz CT molecular complexity index is 199. The molecule has 0 aliphatic rings. The quantitative estimate of drug-likeness (QED) is 0.477. The Balaban J connectivity index is 4.41. The van der Waals surface area contributed by atoms with E-state index in [1.165, 1.54) is 32.1 Å². The van der Waals surface area contributed by atoms with Crippen molar-refractivity contribution in [1.29, 1.82) is 0 Å². The molecular formula is C14H32B2. The van der Waals surface area contributed by atoms with Crippen LogP contribution in [0.1, 0.15) is 73.6 Å². The van der Waals surface area contributed by atoms with Crippen LogP contribution in [0, 0.1) is 10.8 Å². The highest BCUT2D eigenvalue weighted by Gasteiger charge is 2.44. The molecule has 0 aliphatic carbocycles. The summed E-state index contributed by atoms with van der Waals surface area (Å²) < 4.78 is 0. The van der Waals surface area contributed by atoms with Crippen LogP contribution in [0.25, 0.3) is 0 Å². The Kier molecular flexibility index (Phi) is 5.69. The first-order valence-corrected chi connectivity index (χ1v) is 7.06. The van der Waals surface area contributed by atoms with Gasteiger partial charge in [-0.3, -0.25) is 0 Å². The predicted octanol–water partition coefficient (Wildman–Crippen LogP) is 3.41. The molecule has 0 aromatic rings. The van der Waals surface area contributed by atoms with E-state index in [-0.39, 0.29) is 0 Å². The highest BCUT2D eigenvalue weighted by molar-refractivity contribution is 6.41. The highest BCUT2D eigenvalue weighted by Crippen LogP contribution is 2.54. The lowest BCUT2D eigenvalue weighted by Crippen LogP contribution is -2.42. The Labute approximate surface area is 106 Å². The third-order valence-electron chi connectivity index (χ3n) is 5.22. The molecule has 0 aromatic carbocycles. The maximum Gasteiger partial charge on any atom is 0.101 e. The summed E-state index contributed by atoms with van der Waals surface area (Å²) in [7, 11) is 4.87. The van der Waals surface area contributed by atoms with Gasteiger partial charge in [-0.1, -0.05) is 72.4 Å². The molecule has 0 fully saturated rings. The van der Waals surface area contributed by atoms with Crippen LogP contribution in [0.3, 0.4) is 0 Å². The monoisotopic (exact) mass is 222 g/mol. The van der Waals surface area contributed by atoms with Crippen LogP contribution in [0.2, 0.25) is 5.21 Å². The molecule has 0 aromatic heterocycles. The number of rotatable bonds is 6. The average Bonchev–Trinajstić information content (AvgIpc) is 2.10. The summed E-state index contributed by atoms with van der Waals surface area (Å²) in [6.45, 7) is 14.3. The minimum Gasteiger partial charge on any atom is -0.0750 e. The van der Waals surface area contributed by atoms with E-state index in [0.29, 0.717) is 16.0 Å². The van der Waals surface area contributed by atoms with Crippen molar-refractivity contribution in [2.24, 2.45) is 10.8 Å². The molecular weight excluding hydrogens is 190 g/mol. The molecule has 0 unspecified atom stereocenters. The van der Waals surface area contributed by atoms with Gasteiger partial charge in [0, 0.05) is 0 Å². The van der Waals surface area contributed by atoms with Gasteiger partial charge in [0.05, 0.1) is 0 Å². The van der Waals surface area contributed by atoms with Crippen LogP contribution in [-0.2, 0) is 0 Å². The van der Waals surface area contributed by atoms with Crippen molar-refractivity contribution in [2.75, 3.05) is 0 Å². The molecule has 0 bridgehead atoms. The molecule has 0 saturated carbocycles. The number of hydrogen-bond donors (Lipinski definition) is 0. The van der Waals surface area contributed by atoms with Gasteiger partial charge >= 0.3 is 0 Å². The average molecular weight is 222 g/mol. The van der Waals surface area contributed by atoms with Crippen molar-refractivity contribution in [3.63, 3.8) is 0 Å². The third kappa shape index (κ3) is 3.86. The summed E-state index contributed by atoms with van der Waals surface area (Å²) in [6.07, 6.45) is 6.88. The summed E-state index contributed by atoms with van der Waals surface area (Å²) in [5, 5.41) is 0.381. The van der Waals surface area contributed by atoms with Gasteiger partial charge in [-0.15, -0.1) is 0 Å². The van der Waals surface area contributed by atoms with Crippen molar-refractivity contribution in [3.8, 4) is 0 Å². The van der Waals surface area contributed by atoms with Gasteiger partial charge in [0.25, 0.3) is 0 Å². The smallest absolute Gasteiger partial charge is 0.0750 e. The molecule has 2 heteroatoms. The van der Waals surface area contributed by atoms with Crippen LogP contribution < -0.4 is 0 Å². The summed E-state index contributed by atoms with van der Waals surface area (Å²) >= 11 is 0. The molecule has 0 amide bonds. The maximum absolute atomic E-state index is 2.45. The Morgan fingerprint density at radius 3 is 1.69 bits per heavy atom. The minimum absolute atomic E-state index is 0.376. The van der Waals surface area contributed by atoms with Gasteiger partial charge in [0.1, 0.15) is 15.7 Å². The fourth-order valence-corrected chi connectivity index (χ4v) is 2.32. The van der Waals surface area contributed by atoms with E-state index >= 15 is 0 Å². The lowest BCUT2D eigenvalue weighted by Gasteiger charge is -2.51. The molecule has 94 valence electrons. The van der Waals surface area contributed by atoms with Crippen LogP contribution in [0.15, 0.2) is 0 Å². The van der Waals surface area contributed by atoms with Gasteiger partial charge in [0.2, 0.25) is 0 Å². The summed E-state index contributed by atoms with van der Waals surface area (Å²) in [5.74, 6) is 0. The first-order valence-electron chi connectivity index (χ1n) is 7.06. The van der Waals surface area contributed by atoms with Crippen molar-refractivity contribution in [2.45, 2.75) is 78.9 Å². The van der Waals surface area contributed by atoms with E-state index < -0.39 is 0 Å². The molecule has 0 radical (unpaired) electrons. The van der Waals surface area contributed by atoms with E-state index in [1.807, 2.05) is 0 Å². The predicted molar refractivity (Wildman–Crippen MR) is 81.8 cm³/mol. The van der Waals surface area contributed by atoms with Gasteiger partial charge in [-0.2, -0.15) is 0 Å². The maximum atomic E-state index is 2.45. The zero-order valence-electron chi connectivity index (χ0n) is 13.0. The minimum atomic E-state index is 0.376. The second-order valence-electron chi connectivity index (χ2n) is 7.57. The van der Waals surface area contributed by atoms with Crippen molar-refractivity contribution < 1.29 is 0 Å². The molecule has 16 heavy (non-hydrogen) atoms. The number of hydrogen-bond acceptors (Lipinski definition) is 0. The molecule has 0 nitrogen and oxygen atoms in total. The lowest BCUT2D eigenvalue weighted by atomic mass is 9.34. The molecule has 0 spiro atoms. The molecule has 0 aliphatic heterocycles. The Morgan fingerprint density at radius 2 is 1.31 bits per heavy atom. The summed E-state index contributed by atoms with van der Waals surface area (Å²) in [6, 6.07) is 0. The van der Waals surface area contributed by atoms with Crippen molar-refractivity contribution in [3.05, 3.63) is 0 Å². The zero-order chi connectivity index (χ0) is 13.0.